The number of nitrogens with zero attached hydrogens (tertiary/aromatic N) is 4. The highest BCUT2D eigenvalue weighted by atomic mass is 35.5. The number of halogens is 2. The molecule has 0 unspecified atom stereocenters. The van der Waals surface area contributed by atoms with Crippen molar-refractivity contribution in [3.8, 4) is 0 Å². The molecule has 1 aromatic heterocycles. The molecule has 2 fully saturated rings. The number of nitrogens with two attached hydrogens (primary N) is 1. The maximum absolute atomic E-state index is 14.0. The van der Waals surface area contributed by atoms with E-state index < -0.39 is 5.82 Å². The van der Waals surface area contributed by atoms with Crippen LogP contribution in [0.25, 0.3) is 0 Å². The van der Waals surface area contributed by atoms with Crippen LogP contribution in [0.4, 0.5) is 21.0 Å². The van der Waals surface area contributed by atoms with E-state index in [-0.39, 0.29) is 24.7 Å². The third-order valence-electron chi connectivity index (χ3n) is 5.36. The first kappa shape index (κ1) is 19.7. The number of anilines is 2. The summed E-state index contributed by atoms with van der Waals surface area (Å²) < 4.78 is 14.0. The molecule has 2 aromatic rings. The number of hydrogen-bond acceptors (Lipinski definition) is 5. The van der Waals surface area contributed by atoms with Crippen LogP contribution in [-0.2, 0) is 6.54 Å². The first-order chi connectivity index (χ1) is 14.0. The number of benzene rings is 1. The lowest BCUT2D eigenvalue weighted by atomic mass is 10.0. The highest BCUT2D eigenvalue weighted by molar-refractivity contribution is 6.30. The van der Waals surface area contributed by atoms with Crippen LogP contribution in [0.15, 0.2) is 30.5 Å². The molecule has 2 heterocycles. The molecule has 3 N–H and O–H groups in total. The highest BCUT2D eigenvalue weighted by Crippen LogP contribution is 2.32. The topological polar surface area (TPSA) is 87.4 Å². The summed E-state index contributed by atoms with van der Waals surface area (Å²) in [5.41, 5.74) is 6.21. The molecule has 0 radical (unpaired) electrons. The SMILES string of the molecule is Nc1ccnc(N2CCC[C@@H](N(C(=O)NCc3ccc(Cl)cc3F)C3CC3)C2)n1. The van der Waals surface area contributed by atoms with Crippen LogP contribution >= 0.6 is 11.6 Å². The number of nitrogens with one attached hydrogen (secondary N) is 1. The molecule has 1 aliphatic heterocycles. The van der Waals surface area contributed by atoms with Crippen LogP contribution in [0.1, 0.15) is 31.2 Å². The Bertz CT molecular complexity index is 893. The standard InChI is InChI=1S/C20H24ClFN6O/c21-14-4-3-13(17(22)10-14)11-25-20(29)28(15-5-6-15)16-2-1-9-27(12-16)19-24-8-7-18(23)26-19/h3-4,7-8,10,15-16H,1-2,5-6,9,11-12H2,(H,25,29)(H2,23,24,26)/t16-/m1/s1. The summed E-state index contributed by atoms with van der Waals surface area (Å²) in [7, 11) is 0. The van der Waals surface area contributed by atoms with Crippen LogP contribution in [0, 0.1) is 5.82 Å². The zero-order valence-corrected chi connectivity index (χ0v) is 16.8. The number of carbonyl (C=O) groups excluding carboxylic acids is 1. The predicted octanol–water partition coefficient (Wildman–Crippen LogP) is 3.19. The van der Waals surface area contributed by atoms with Crippen molar-refractivity contribution in [2.75, 3.05) is 23.7 Å². The van der Waals surface area contributed by atoms with Crippen LogP contribution < -0.4 is 16.0 Å². The van der Waals surface area contributed by atoms with Crippen molar-refractivity contribution in [3.63, 3.8) is 0 Å². The van der Waals surface area contributed by atoms with Crippen molar-refractivity contribution in [2.45, 2.75) is 44.3 Å². The van der Waals surface area contributed by atoms with Crippen molar-refractivity contribution >= 4 is 29.4 Å². The van der Waals surface area contributed by atoms with Gasteiger partial charge in [0.05, 0.1) is 6.04 Å². The molecule has 1 aliphatic carbocycles. The van der Waals surface area contributed by atoms with Gasteiger partial charge in [-0.05, 0) is 43.9 Å². The van der Waals surface area contributed by atoms with E-state index in [1.165, 1.54) is 6.07 Å². The molecular weight excluding hydrogens is 395 g/mol. The van der Waals surface area contributed by atoms with Crippen molar-refractivity contribution < 1.29 is 9.18 Å². The predicted molar refractivity (Wildman–Crippen MR) is 110 cm³/mol. The minimum atomic E-state index is -0.418. The summed E-state index contributed by atoms with van der Waals surface area (Å²) in [5.74, 6) is 0.603. The number of urea groups is 1. The molecule has 7 nitrogen and oxygen atoms in total. The average Bonchev–Trinajstić information content (AvgIpc) is 3.53. The summed E-state index contributed by atoms with van der Waals surface area (Å²) in [6.45, 7) is 1.61. The number of aromatic nitrogens is 2. The average molecular weight is 419 g/mol. The maximum atomic E-state index is 14.0. The van der Waals surface area contributed by atoms with Gasteiger partial charge in [0.15, 0.2) is 0 Å². The van der Waals surface area contributed by atoms with Crippen LogP contribution in [0.3, 0.4) is 0 Å². The van der Waals surface area contributed by atoms with E-state index in [1.54, 1.807) is 24.4 Å². The molecule has 0 spiro atoms. The van der Waals surface area contributed by atoms with Gasteiger partial charge in [-0.15, -0.1) is 0 Å². The second-order valence-corrected chi connectivity index (χ2v) is 7.99. The summed E-state index contributed by atoms with van der Waals surface area (Å²) in [6, 6.07) is 6.25. The largest absolute Gasteiger partial charge is 0.384 e. The molecule has 29 heavy (non-hydrogen) atoms. The summed E-state index contributed by atoms with van der Waals surface area (Å²) in [5, 5.41) is 3.21. The minimum absolute atomic E-state index is 0.0522. The van der Waals surface area contributed by atoms with Gasteiger partial charge in [0.25, 0.3) is 0 Å². The summed E-state index contributed by atoms with van der Waals surface area (Å²) >= 11 is 5.80. The maximum Gasteiger partial charge on any atom is 0.318 e. The highest BCUT2D eigenvalue weighted by Gasteiger charge is 2.39. The van der Waals surface area contributed by atoms with E-state index in [9.17, 15) is 9.18 Å². The molecule has 1 aromatic carbocycles. The lowest BCUT2D eigenvalue weighted by Crippen LogP contribution is -2.54. The summed E-state index contributed by atoms with van der Waals surface area (Å²) in [6.07, 6.45) is 5.48. The van der Waals surface area contributed by atoms with Gasteiger partial charge >= 0.3 is 6.03 Å². The van der Waals surface area contributed by atoms with Gasteiger partial charge in [-0.1, -0.05) is 17.7 Å². The van der Waals surface area contributed by atoms with Gasteiger partial charge < -0.3 is 20.9 Å². The number of carbonyl (C=O) groups is 1. The Kier molecular flexibility index (Phi) is 5.71. The molecule has 1 saturated heterocycles. The fourth-order valence-corrected chi connectivity index (χ4v) is 3.95. The lowest BCUT2D eigenvalue weighted by molar-refractivity contribution is 0.160. The first-order valence-corrected chi connectivity index (χ1v) is 10.2. The van der Waals surface area contributed by atoms with E-state index in [0.717, 1.165) is 32.2 Å². The normalized spacial score (nSPS) is 19.1. The van der Waals surface area contributed by atoms with Gasteiger partial charge in [0.1, 0.15) is 11.6 Å². The van der Waals surface area contributed by atoms with E-state index in [2.05, 4.69) is 20.2 Å². The Morgan fingerprint density at radius 3 is 2.86 bits per heavy atom. The van der Waals surface area contributed by atoms with Gasteiger partial charge in [-0.25, -0.2) is 14.2 Å². The van der Waals surface area contributed by atoms with Crippen LogP contribution in [0.2, 0.25) is 5.02 Å². The molecule has 9 heteroatoms. The minimum Gasteiger partial charge on any atom is -0.384 e. The number of amides is 2. The van der Waals surface area contributed by atoms with Gasteiger partial charge in [-0.2, -0.15) is 4.98 Å². The summed E-state index contributed by atoms with van der Waals surface area (Å²) in [4.78, 5) is 25.6. The number of piperidine rings is 1. The fraction of sp³-hybridized carbons (Fsp3) is 0.450. The number of hydrogen-bond donors (Lipinski definition) is 2. The van der Waals surface area contributed by atoms with E-state index in [4.69, 9.17) is 17.3 Å². The van der Waals surface area contributed by atoms with Crippen molar-refractivity contribution in [1.82, 2.24) is 20.2 Å². The molecule has 154 valence electrons. The number of rotatable bonds is 5. The lowest BCUT2D eigenvalue weighted by Gasteiger charge is -2.39. The van der Waals surface area contributed by atoms with E-state index >= 15 is 0 Å². The third kappa shape index (κ3) is 4.70. The Morgan fingerprint density at radius 2 is 2.14 bits per heavy atom. The van der Waals surface area contributed by atoms with Crippen molar-refractivity contribution in [3.05, 3.63) is 46.9 Å². The second kappa shape index (κ2) is 8.41. The van der Waals surface area contributed by atoms with Gasteiger partial charge in [0, 0.05) is 42.5 Å². The molecule has 1 saturated carbocycles. The van der Waals surface area contributed by atoms with Gasteiger partial charge in [0.2, 0.25) is 5.95 Å². The molecule has 0 bridgehead atoms. The zero-order valence-electron chi connectivity index (χ0n) is 16.0. The van der Waals surface area contributed by atoms with Crippen LogP contribution in [-0.4, -0.2) is 46.1 Å². The van der Waals surface area contributed by atoms with Crippen molar-refractivity contribution in [1.29, 1.82) is 0 Å². The zero-order chi connectivity index (χ0) is 20.4. The third-order valence-corrected chi connectivity index (χ3v) is 5.59. The van der Waals surface area contributed by atoms with Gasteiger partial charge in [-0.3, -0.25) is 0 Å². The molecule has 2 aliphatic rings. The number of nitrogen functional groups attached to an aromatic ring is 1. The molecule has 4 rings (SSSR count). The Labute approximate surface area is 174 Å². The Hall–Kier alpha value is -2.61. The second-order valence-electron chi connectivity index (χ2n) is 7.56. The van der Waals surface area contributed by atoms with E-state index in [1.807, 2.05) is 4.90 Å². The molecule has 2 amide bonds. The molecule has 1 atom stereocenters. The molecular formula is C20H24ClFN6O. The Morgan fingerprint density at radius 1 is 1.31 bits per heavy atom. The monoisotopic (exact) mass is 418 g/mol. The first-order valence-electron chi connectivity index (χ1n) is 9.85. The van der Waals surface area contributed by atoms with Crippen molar-refractivity contribution in [2.24, 2.45) is 0 Å². The van der Waals surface area contributed by atoms with E-state index in [0.29, 0.717) is 28.9 Å². The fourth-order valence-electron chi connectivity index (χ4n) is 3.79. The van der Waals surface area contributed by atoms with Crippen LogP contribution in [0.5, 0.6) is 0 Å². The Balaban J connectivity index is 1.43. The quantitative estimate of drug-likeness (QED) is 0.778. The smallest absolute Gasteiger partial charge is 0.318 e.